The van der Waals surface area contributed by atoms with E-state index in [0.29, 0.717) is 23.8 Å². The molecule has 2 aliphatic rings. The van der Waals surface area contributed by atoms with Crippen molar-refractivity contribution in [2.45, 2.75) is 104 Å². The molecule has 5 rings (SSSR count). The van der Waals surface area contributed by atoms with E-state index in [1.807, 2.05) is 17.1 Å². The Morgan fingerprint density at radius 2 is 1.79 bits per heavy atom. The Morgan fingerprint density at radius 1 is 1.03 bits per heavy atom. The molecule has 0 radical (unpaired) electrons. The lowest BCUT2D eigenvalue weighted by molar-refractivity contribution is 0.320. The maximum atomic E-state index is 5.00. The second-order valence-corrected chi connectivity index (χ2v) is 12.2. The van der Waals surface area contributed by atoms with Crippen LogP contribution in [0.3, 0.4) is 0 Å². The molecule has 0 saturated heterocycles. The third-order valence-corrected chi connectivity index (χ3v) is 9.21. The normalized spacial score (nSPS) is 20.3. The molecular weight excluding hydrogens is 478 g/mol. The number of hydrogen-bond acceptors (Lipinski definition) is 4. The highest BCUT2D eigenvalue weighted by molar-refractivity contribution is 5.66. The van der Waals surface area contributed by atoms with Crippen LogP contribution in [-0.2, 0) is 6.42 Å². The molecule has 0 atom stereocenters. The fourth-order valence-electron chi connectivity index (χ4n) is 6.64. The molecule has 2 fully saturated rings. The van der Waals surface area contributed by atoms with Gasteiger partial charge in [-0.3, -0.25) is 9.67 Å². The Balaban J connectivity index is 1.33. The monoisotopic (exact) mass is 525 g/mol. The lowest BCUT2D eigenvalue weighted by Crippen LogP contribution is -2.34. The summed E-state index contributed by atoms with van der Waals surface area (Å²) in [6.45, 7) is 14.4. The van der Waals surface area contributed by atoms with E-state index in [-0.39, 0.29) is 0 Å². The van der Waals surface area contributed by atoms with Crippen molar-refractivity contribution >= 4 is 5.82 Å². The number of hydrogen-bond donors (Lipinski definition) is 0. The Bertz CT molecular complexity index is 1240. The first-order valence-corrected chi connectivity index (χ1v) is 15.4. The van der Waals surface area contributed by atoms with E-state index in [4.69, 9.17) is 16.5 Å². The van der Waals surface area contributed by atoms with Gasteiger partial charge >= 0.3 is 0 Å². The summed E-state index contributed by atoms with van der Waals surface area (Å²) in [5, 5.41) is 4.58. The average molecular weight is 526 g/mol. The lowest BCUT2D eigenvalue weighted by Gasteiger charge is -2.37. The molecule has 0 aliphatic heterocycles. The van der Waals surface area contributed by atoms with Gasteiger partial charge in [0.15, 0.2) is 0 Å². The zero-order valence-corrected chi connectivity index (χ0v) is 24.6. The van der Waals surface area contributed by atoms with Crippen molar-refractivity contribution in [2.75, 3.05) is 11.4 Å². The Morgan fingerprint density at radius 3 is 2.46 bits per heavy atom. The minimum Gasteiger partial charge on any atom is -0.330 e. The van der Waals surface area contributed by atoms with Crippen LogP contribution in [0.2, 0.25) is 0 Å². The number of anilines is 1. The molecule has 3 aromatic heterocycles. The fourth-order valence-corrected chi connectivity index (χ4v) is 6.64. The summed E-state index contributed by atoms with van der Waals surface area (Å²) >= 11 is 0. The van der Waals surface area contributed by atoms with Crippen molar-refractivity contribution in [2.24, 2.45) is 11.8 Å². The van der Waals surface area contributed by atoms with Crippen LogP contribution < -0.4 is 4.90 Å². The summed E-state index contributed by atoms with van der Waals surface area (Å²) in [5.74, 6) is 2.83. The van der Waals surface area contributed by atoms with Crippen LogP contribution in [0.4, 0.5) is 5.82 Å². The molecule has 0 aromatic carbocycles. The number of nitrogens with zero attached hydrogens (tertiary/aromatic N) is 5. The summed E-state index contributed by atoms with van der Waals surface area (Å²) in [7, 11) is 0. The molecule has 0 N–H and O–H groups in total. The standard InChI is InChI=1S/C34H47N5/c1-6-28-16-17-33(37-25(28)4)30-14-12-27(13-15-30)22-38(26(5)29-10-8-7-9-11-29)34-20-31(18-19-35-34)32-21-36-39(23-32)24(2)3/h16-21,23-24,27,29-30H,5-15,22H2,1-4H3. The van der Waals surface area contributed by atoms with Gasteiger partial charge in [0, 0.05) is 53.5 Å². The van der Waals surface area contributed by atoms with Gasteiger partial charge in [0.1, 0.15) is 5.82 Å². The molecule has 3 aromatic rings. The van der Waals surface area contributed by atoms with Crippen LogP contribution in [0.5, 0.6) is 0 Å². The van der Waals surface area contributed by atoms with Crippen molar-refractivity contribution in [1.29, 1.82) is 0 Å². The summed E-state index contributed by atoms with van der Waals surface area (Å²) in [4.78, 5) is 12.4. The van der Waals surface area contributed by atoms with Gasteiger partial charge in [-0.05, 0) is 107 Å². The van der Waals surface area contributed by atoms with E-state index in [9.17, 15) is 0 Å². The molecule has 0 spiro atoms. The highest BCUT2D eigenvalue weighted by atomic mass is 15.3. The first-order chi connectivity index (χ1) is 18.9. The zero-order valence-electron chi connectivity index (χ0n) is 24.6. The van der Waals surface area contributed by atoms with Gasteiger partial charge in [-0.2, -0.15) is 5.10 Å². The van der Waals surface area contributed by atoms with Crippen LogP contribution in [0.1, 0.15) is 107 Å². The summed E-state index contributed by atoms with van der Waals surface area (Å²) in [5.41, 5.74) is 7.46. The first-order valence-electron chi connectivity index (χ1n) is 15.4. The van der Waals surface area contributed by atoms with Crippen molar-refractivity contribution in [3.8, 4) is 11.1 Å². The molecule has 5 heteroatoms. The quantitative estimate of drug-likeness (QED) is 0.280. The maximum absolute atomic E-state index is 5.00. The molecule has 3 heterocycles. The van der Waals surface area contributed by atoms with Gasteiger partial charge < -0.3 is 4.90 Å². The second-order valence-electron chi connectivity index (χ2n) is 12.2. The molecule has 0 unspecified atom stereocenters. The minimum absolute atomic E-state index is 0.349. The summed E-state index contributed by atoms with van der Waals surface area (Å²) in [6.07, 6.45) is 18.5. The molecule has 208 valence electrons. The topological polar surface area (TPSA) is 46.8 Å². The number of aryl methyl sites for hydroxylation is 2. The molecule has 0 bridgehead atoms. The second kappa shape index (κ2) is 12.5. The average Bonchev–Trinajstić information content (AvgIpc) is 3.48. The fraction of sp³-hybridized carbons (Fsp3) is 0.559. The SMILES string of the molecule is C=C(C1CCCCC1)N(CC1CCC(c2ccc(CC)c(C)n2)CC1)c1cc(-c2cnn(C(C)C)c2)ccn1. The van der Waals surface area contributed by atoms with Crippen LogP contribution in [0, 0.1) is 18.8 Å². The molecule has 39 heavy (non-hydrogen) atoms. The van der Waals surface area contributed by atoms with Gasteiger partial charge in [-0.1, -0.05) is 38.8 Å². The number of aromatic nitrogens is 4. The van der Waals surface area contributed by atoms with E-state index in [1.54, 1.807) is 0 Å². The van der Waals surface area contributed by atoms with Gasteiger partial charge in [0.2, 0.25) is 0 Å². The highest BCUT2D eigenvalue weighted by Crippen LogP contribution is 2.39. The third kappa shape index (κ3) is 6.45. The zero-order chi connectivity index (χ0) is 27.4. The molecule has 2 aliphatic carbocycles. The Hall–Kier alpha value is -2.95. The Kier molecular flexibility index (Phi) is 8.84. The van der Waals surface area contributed by atoms with Gasteiger partial charge in [0.25, 0.3) is 0 Å². The van der Waals surface area contributed by atoms with Crippen LogP contribution in [0.25, 0.3) is 11.1 Å². The third-order valence-electron chi connectivity index (χ3n) is 9.21. The number of pyridine rings is 2. The summed E-state index contributed by atoms with van der Waals surface area (Å²) < 4.78 is 2.03. The van der Waals surface area contributed by atoms with Crippen molar-refractivity contribution < 1.29 is 0 Å². The first kappa shape index (κ1) is 27.6. The van der Waals surface area contributed by atoms with Gasteiger partial charge in [0.05, 0.1) is 6.20 Å². The number of rotatable bonds is 9. The van der Waals surface area contributed by atoms with Gasteiger partial charge in [-0.25, -0.2) is 4.98 Å². The van der Waals surface area contributed by atoms with Crippen LogP contribution >= 0.6 is 0 Å². The van der Waals surface area contributed by atoms with E-state index >= 15 is 0 Å². The molecule has 0 amide bonds. The smallest absolute Gasteiger partial charge is 0.133 e. The predicted octanol–water partition coefficient (Wildman–Crippen LogP) is 8.67. The van der Waals surface area contributed by atoms with Crippen molar-refractivity contribution in [3.05, 3.63) is 72.1 Å². The van der Waals surface area contributed by atoms with E-state index in [2.05, 4.69) is 68.2 Å². The van der Waals surface area contributed by atoms with E-state index in [1.165, 1.54) is 86.0 Å². The van der Waals surface area contributed by atoms with Crippen LogP contribution in [0.15, 0.2) is 55.1 Å². The minimum atomic E-state index is 0.349. The maximum Gasteiger partial charge on any atom is 0.133 e. The summed E-state index contributed by atoms with van der Waals surface area (Å²) in [6, 6.07) is 9.29. The Labute approximate surface area is 235 Å². The molecule has 2 saturated carbocycles. The predicted molar refractivity (Wildman–Crippen MR) is 162 cm³/mol. The van der Waals surface area contributed by atoms with E-state index < -0.39 is 0 Å². The molecular formula is C34H47N5. The molecule has 5 nitrogen and oxygen atoms in total. The van der Waals surface area contributed by atoms with Crippen molar-refractivity contribution in [3.63, 3.8) is 0 Å². The lowest BCUT2D eigenvalue weighted by atomic mass is 9.79. The van der Waals surface area contributed by atoms with Crippen LogP contribution in [-0.4, -0.2) is 26.3 Å². The highest BCUT2D eigenvalue weighted by Gasteiger charge is 2.29. The van der Waals surface area contributed by atoms with E-state index in [0.717, 1.165) is 24.3 Å². The largest absolute Gasteiger partial charge is 0.330 e. The number of allylic oxidation sites excluding steroid dienone is 1. The van der Waals surface area contributed by atoms with Crippen molar-refractivity contribution in [1.82, 2.24) is 19.7 Å². The van der Waals surface area contributed by atoms with Gasteiger partial charge in [-0.15, -0.1) is 0 Å².